The van der Waals surface area contributed by atoms with Crippen LogP contribution in [0.1, 0.15) is 48.5 Å². The Hall–Kier alpha value is -2.49. The number of unbranched alkanes of at least 4 members (excludes halogenated alkanes) is 1. The van der Waals surface area contributed by atoms with E-state index in [4.69, 9.17) is 0 Å². The average Bonchev–Trinajstić information content (AvgIpc) is 3.21. The summed E-state index contributed by atoms with van der Waals surface area (Å²) in [5, 5.41) is 20.4. The highest BCUT2D eigenvalue weighted by atomic mass is 16.4. The number of carbonyl (C=O) groups is 1. The van der Waals surface area contributed by atoms with Crippen molar-refractivity contribution >= 4 is 16.9 Å². The molecule has 1 unspecified atom stereocenters. The molecule has 1 aliphatic rings. The number of rotatable bonds is 7. The van der Waals surface area contributed by atoms with Crippen LogP contribution in [0.4, 0.5) is 0 Å². The predicted octanol–water partition coefficient (Wildman–Crippen LogP) is 4.81. The molecule has 1 aromatic heterocycles. The molecule has 3 rings (SSSR count). The van der Waals surface area contributed by atoms with Gasteiger partial charge in [-0.2, -0.15) is 0 Å². The van der Waals surface area contributed by atoms with E-state index >= 15 is 0 Å². The van der Waals surface area contributed by atoms with Crippen molar-refractivity contribution < 1.29 is 15.0 Å². The molecule has 0 fully saturated rings. The Labute approximate surface area is 141 Å². The molecule has 2 aromatic rings. The molecule has 0 aliphatic heterocycles. The van der Waals surface area contributed by atoms with E-state index in [-0.39, 0.29) is 11.3 Å². The summed E-state index contributed by atoms with van der Waals surface area (Å²) in [6.07, 6.45) is 13.6. The van der Waals surface area contributed by atoms with Crippen LogP contribution in [0.5, 0.6) is 5.75 Å². The summed E-state index contributed by atoms with van der Waals surface area (Å²) in [6, 6.07) is 3.52. The Balaban J connectivity index is 1.99. The maximum Gasteiger partial charge on any atom is 0.341 e. The summed E-state index contributed by atoms with van der Waals surface area (Å²) in [5.41, 5.74) is 2.80. The molecule has 4 nitrogen and oxygen atoms in total. The lowest BCUT2D eigenvalue weighted by molar-refractivity contribution is 0.0696. The summed E-state index contributed by atoms with van der Waals surface area (Å²) in [4.78, 5) is 14.4. The van der Waals surface area contributed by atoms with Crippen LogP contribution in [0.15, 0.2) is 42.1 Å². The van der Waals surface area contributed by atoms with Crippen LogP contribution < -0.4 is 0 Å². The third kappa shape index (κ3) is 3.09. The lowest BCUT2D eigenvalue weighted by Gasteiger charge is -2.18. The number of benzene rings is 1. The van der Waals surface area contributed by atoms with Gasteiger partial charge in [0, 0.05) is 11.6 Å². The second kappa shape index (κ2) is 6.95. The fourth-order valence-electron chi connectivity index (χ4n) is 3.55. The van der Waals surface area contributed by atoms with Crippen molar-refractivity contribution in [2.45, 2.75) is 39.0 Å². The first kappa shape index (κ1) is 16.4. The number of aromatic carboxylic acids is 1. The van der Waals surface area contributed by atoms with Gasteiger partial charge in [0.15, 0.2) is 0 Å². The van der Waals surface area contributed by atoms with E-state index < -0.39 is 5.97 Å². The summed E-state index contributed by atoms with van der Waals surface area (Å²) in [5.74, 6) is -0.884. The number of hydrogen-bond acceptors (Lipinski definition) is 2. The third-order valence-electron chi connectivity index (χ3n) is 4.77. The first-order valence-corrected chi connectivity index (χ1v) is 8.53. The first-order valence-electron chi connectivity index (χ1n) is 8.53. The lowest BCUT2D eigenvalue weighted by Crippen LogP contribution is -2.08. The quantitative estimate of drug-likeness (QED) is 0.684. The fourth-order valence-corrected chi connectivity index (χ4v) is 3.55. The number of aromatic nitrogens is 1. The molecule has 4 heteroatoms. The van der Waals surface area contributed by atoms with Crippen LogP contribution in [0, 0.1) is 5.92 Å². The number of phenols is 1. The van der Waals surface area contributed by atoms with E-state index in [0.717, 1.165) is 43.1 Å². The minimum absolute atomic E-state index is 0.0520. The zero-order chi connectivity index (χ0) is 17.1. The zero-order valence-corrected chi connectivity index (χ0v) is 13.9. The van der Waals surface area contributed by atoms with Gasteiger partial charge in [0.1, 0.15) is 11.3 Å². The smallest absolute Gasteiger partial charge is 0.341 e. The molecular formula is C20H23NO3. The number of carboxylic acid groups (broad SMARTS) is 1. The lowest BCUT2D eigenvalue weighted by atomic mass is 9.86. The molecule has 1 aromatic carbocycles. The van der Waals surface area contributed by atoms with Crippen molar-refractivity contribution in [2.24, 2.45) is 5.92 Å². The van der Waals surface area contributed by atoms with E-state index in [9.17, 15) is 15.0 Å². The summed E-state index contributed by atoms with van der Waals surface area (Å²) < 4.78 is 0. The molecule has 0 saturated carbocycles. The first-order chi connectivity index (χ1) is 11.6. The molecule has 1 atom stereocenters. The van der Waals surface area contributed by atoms with Gasteiger partial charge in [-0.3, -0.25) is 0 Å². The van der Waals surface area contributed by atoms with Crippen molar-refractivity contribution in [3.63, 3.8) is 0 Å². The maximum atomic E-state index is 11.4. The molecule has 0 radical (unpaired) electrons. The topological polar surface area (TPSA) is 73.3 Å². The van der Waals surface area contributed by atoms with Crippen molar-refractivity contribution in [1.29, 1.82) is 0 Å². The highest BCUT2D eigenvalue weighted by Gasteiger charge is 2.21. The highest BCUT2D eigenvalue weighted by Crippen LogP contribution is 2.34. The molecule has 3 N–H and O–H groups in total. The van der Waals surface area contributed by atoms with Gasteiger partial charge in [-0.05, 0) is 48.4 Å². The monoisotopic (exact) mass is 325 g/mol. The Morgan fingerprint density at radius 1 is 1.42 bits per heavy atom. The van der Waals surface area contributed by atoms with Crippen LogP contribution in [0.25, 0.3) is 10.9 Å². The summed E-state index contributed by atoms with van der Waals surface area (Å²) in [6.45, 7) is 2.19. The van der Waals surface area contributed by atoms with Crippen molar-refractivity contribution in [1.82, 2.24) is 4.98 Å². The maximum absolute atomic E-state index is 11.4. The van der Waals surface area contributed by atoms with Gasteiger partial charge < -0.3 is 15.2 Å². The van der Waals surface area contributed by atoms with Gasteiger partial charge in [-0.1, -0.05) is 38.0 Å². The number of carboxylic acids is 1. The minimum atomic E-state index is -1.12. The highest BCUT2D eigenvalue weighted by molar-refractivity contribution is 6.05. The Morgan fingerprint density at radius 3 is 2.92 bits per heavy atom. The van der Waals surface area contributed by atoms with Crippen LogP contribution in [0.2, 0.25) is 0 Å². The van der Waals surface area contributed by atoms with E-state index in [0.29, 0.717) is 11.4 Å². The van der Waals surface area contributed by atoms with Crippen LogP contribution >= 0.6 is 0 Å². The molecule has 0 saturated heterocycles. The Kier molecular flexibility index (Phi) is 4.74. The van der Waals surface area contributed by atoms with Gasteiger partial charge in [0.2, 0.25) is 0 Å². The number of aromatic amines is 1. The molecule has 1 heterocycles. The molecular weight excluding hydrogens is 302 g/mol. The molecule has 0 bridgehead atoms. The molecule has 126 valence electrons. The van der Waals surface area contributed by atoms with E-state index in [1.165, 1.54) is 5.57 Å². The summed E-state index contributed by atoms with van der Waals surface area (Å²) >= 11 is 0. The molecule has 24 heavy (non-hydrogen) atoms. The fraction of sp³-hybridized carbons (Fsp3) is 0.350. The van der Waals surface area contributed by atoms with E-state index in [2.05, 4.69) is 30.1 Å². The minimum Gasteiger partial charge on any atom is -0.507 e. The molecule has 0 spiro atoms. The van der Waals surface area contributed by atoms with Crippen LogP contribution in [-0.4, -0.2) is 21.2 Å². The van der Waals surface area contributed by atoms with E-state index in [1.54, 1.807) is 12.3 Å². The van der Waals surface area contributed by atoms with Crippen LogP contribution in [-0.2, 0) is 6.42 Å². The van der Waals surface area contributed by atoms with Gasteiger partial charge >= 0.3 is 5.97 Å². The SMILES string of the molecule is CCCCC(Cc1cc(O)c(C(=O)O)c2[nH]ccc12)C1=CCC=C1. The molecule has 1 aliphatic carbocycles. The third-order valence-corrected chi connectivity index (χ3v) is 4.77. The predicted molar refractivity (Wildman–Crippen MR) is 95.5 cm³/mol. The molecule has 0 amide bonds. The number of hydrogen-bond donors (Lipinski definition) is 3. The zero-order valence-electron chi connectivity index (χ0n) is 13.9. The number of allylic oxidation sites excluding steroid dienone is 4. The van der Waals surface area contributed by atoms with E-state index in [1.807, 2.05) is 6.07 Å². The number of nitrogens with one attached hydrogen (secondary N) is 1. The van der Waals surface area contributed by atoms with Crippen molar-refractivity contribution in [3.05, 3.63) is 53.3 Å². The van der Waals surface area contributed by atoms with Crippen molar-refractivity contribution in [2.75, 3.05) is 0 Å². The number of aromatic hydroxyl groups is 1. The summed E-state index contributed by atoms with van der Waals surface area (Å²) in [7, 11) is 0. The Bertz CT molecular complexity index is 814. The van der Waals surface area contributed by atoms with Gasteiger partial charge in [0.25, 0.3) is 0 Å². The van der Waals surface area contributed by atoms with Crippen molar-refractivity contribution in [3.8, 4) is 5.75 Å². The standard InChI is InChI=1S/C20H23NO3/c1-2-3-6-14(13-7-4-5-8-13)11-15-12-17(22)18(20(23)24)19-16(15)9-10-21-19/h4,7-10,12,14,21-22H,2-3,5-6,11H2,1H3,(H,23,24). The largest absolute Gasteiger partial charge is 0.507 e. The van der Waals surface area contributed by atoms with Crippen LogP contribution in [0.3, 0.4) is 0 Å². The van der Waals surface area contributed by atoms with Gasteiger partial charge in [-0.25, -0.2) is 4.79 Å². The normalized spacial score (nSPS) is 15.0. The average molecular weight is 325 g/mol. The number of H-pyrrole nitrogens is 1. The number of fused-ring (bicyclic) bond motifs is 1. The van der Waals surface area contributed by atoms with Gasteiger partial charge in [-0.15, -0.1) is 0 Å². The second-order valence-electron chi connectivity index (χ2n) is 6.39. The Morgan fingerprint density at radius 2 is 2.25 bits per heavy atom. The van der Waals surface area contributed by atoms with Gasteiger partial charge in [0.05, 0.1) is 5.52 Å². The second-order valence-corrected chi connectivity index (χ2v) is 6.39.